The molecule has 0 spiro atoms. The number of rotatable bonds is 3. The first-order valence-electron chi connectivity index (χ1n) is 5.94. The van der Waals surface area contributed by atoms with Gasteiger partial charge in [-0.1, -0.05) is 28.9 Å². The van der Waals surface area contributed by atoms with E-state index in [1.807, 2.05) is 0 Å². The van der Waals surface area contributed by atoms with Crippen LogP contribution in [-0.2, 0) is 11.5 Å². The van der Waals surface area contributed by atoms with Crippen molar-refractivity contribution in [3.05, 3.63) is 46.6 Å². The summed E-state index contributed by atoms with van der Waals surface area (Å²) < 4.78 is 19.6. The molecule has 6 heteroatoms. The third-order valence-electron chi connectivity index (χ3n) is 3.46. The Morgan fingerprint density at radius 2 is 2.00 bits per heavy atom. The van der Waals surface area contributed by atoms with Crippen LogP contribution in [0.1, 0.15) is 36.0 Å². The monoisotopic (exact) mass is 300 g/mol. The van der Waals surface area contributed by atoms with E-state index in [4.69, 9.17) is 27.7 Å². The molecule has 0 aliphatic heterocycles. The van der Waals surface area contributed by atoms with E-state index in [0.29, 0.717) is 35.1 Å². The van der Waals surface area contributed by atoms with Gasteiger partial charge in [0.25, 0.3) is 0 Å². The summed E-state index contributed by atoms with van der Waals surface area (Å²) in [5.74, 6) is 1.08. The van der Waals surface area contributed by atoms with Crippen LogP contribution in [0.25, 0.3) is 0 Å². The fourth-order valence-corrected chi connectivity index (χ4v) is 2.61. The van der Waals surface area contributed by atoms with Gasteiger partial charge in [0.05, 0.1) is 0 Å². The molecule has 3 rings (SSSR count). The molecule has 3 nitrogen and oxygen atoms in total. The minimum absolute atomic E-state index is 0.0126. The second-order valence-electron chi connectivity index (χ2n) is 4.76. The number of hydrogen-bond donors (Lipinski definition) is 0. The molecular formula is C13H11Cl2FN2O. The van der Waals surface area contributed by atoms with Crippen molar-refractivity contribution in [2.24, 2.45) is 0 Å². The van der Waals surface area contributed by atoms with E-state index in [0.717, 1.165) is 0 Å². The van der Waals surface area contributed by atoms with Gasteiger partial charge in [-0.3, -0.25) is 0 Å². The van der Waals surface area contributed by atoms with Gasteiger partial charge in [-0.15, -0.1) is 11.6 Å². The van der Waals surface area contributed by atoms with E-state index in [-0.39, 0.29) is 11.8 Å². The van der Waals surface area contributed by atoms with Crippen molar-refractivity contribution in [3.8, 4) is 0 Å². The Bertz CT molecular complexity index is 579. The van der Waals surface area contributed by atoms with E-state index < -0.39 is 5.67 Å². The lowest BCUT2D eigenvalue weighted by atomic mass is 9.68. The molecule has 1 heterocycles. The predicted molar refractivity (Wildman–Crippen MR) is 70.1 cm³/mol. The summed E-state index contributed by atoms with van der Waals surface area (Å²) in [6.07, 6.45) is 0.714. The van der Waals surface area contributed by atoms with Gasteiger partial charge in [0.15, 0.2) is 5.82 Å². The lowest BCUT2D eigenvalue weighted by Crippen LogP contribution is -2.36. The van der Waals surface area contributed by atoms with Gasteiger partial charge in [0, 0.05) is 10.9 Å². The zero-order valence-corrected chi connectivity index (χ0v) is 11.5. The molecule has 1 aliphatic rings. The van der Waals surface area contributed by atoms with Gasteiger partial charge >= 0.3 is 0 Å². The Balaban J connectivity index is 1.72. The number of benzene rings is 1. The molecular weight excluding hydrogens is 290 g/mol. The minimum Gasteiger partial charge on any atom is -0.338 e. The first-order valence-corrected chi connectivity index (χ1v) is 6.85. The largest absolute Gasteiger partial charge is 0.338 e. The van der Waals surface area contributed by atoms with Crippen molar-refractivity contribution in [2.45, 2.75) is 30.3 Å². The Morgan fingerprint density at radius 1 is 1.32 bits per heavy atom. The molecule has 1 aromatic carbocycles. The van der Waals surface area contributed by atoms with E-state index in [1.54, 1.807) is 24.3 Å². The lowest BCUT2D eigenvalue weighted by Gasteiger charge is -2.40. The molecule has 19 heavy (non-hydrogen) atoms. The zero-order chi connectivity index (χ0) is 13.5. The second-order valence-corrected chi connectivity index (χ2v) is 5.46. The number of halogens is 3. The maximum Gasteiger partial charge on any atom is 0.241 e. The highest BCUT2D eigenvalue weighted by Crippen LogP contribution is 2.53. The van der Waals surface area contributed by atoms with Crippen LogP contribution in [0.4, 0.5) is 4.39 Å². The number of aromatic nitrogens is 2. The molecule has 1 fully saturated rings. The van der Waals surface area contributed by atoms with Crippen LogP contribution in [-0.4, -0.2) is 10.1 Å². The van der Waals surface area contributed by atoms with Crippen molar-refractivity contribution >= 4 is 23.2 Å². The first kappa shape index (κ1) is 12.9. The van der Waals surface area contributed by atoms with Crippen LogP contribution in [0.5, 0.6) is 0 Å². The smallest absolute Gasteiger partial charge is 0.241 e. The summed E-state index contributed by atoms with van der Waals surface area (Å²) in [5.41, 5.74) is -0.675. The Hall–Kier alpha value is -1.13. The van der Waals surface area contributed by atoms with Gasteiger partial charge in [-0.25, -0.2) is 4.39 Å². The maximum absolute atomic E-state index is 14.6. The molecule has 2 aromatic rings. The molecule has 0 N–H and O–H groups in total. The molecule has 0 unspecified atom stereocenters. The molecule has 0 bridgehead atoms. The third-order valence-corrected chi connectivity index (χ3v) is 3.95. The average molecular weight is 301 g/mol. The van der Waals surface area contributed by atoms with E-state index in [2.05, 4.69) is 10.1 Å². The van der Waals surface area contributed by atoms with Crippen molar-refractivity contribution < 1.29 is 8.91 Å². The van der Waals surface area contributed by atoms with E-state index >= 15 is 0 Å². The van der Waals surface area contributed by atoms with Crippen LogP contribution < -0.4 is 0 Å². The van der Waals surface area contributed by atoms with Gasteiger partial charge in [-0.05, 0) is 30.5 Å². The van der Waals surface area contributed by atoms with Crippen LogP contribution in [0.3, 0.4) is 0 Å². The quantitative estimate of drug-likeness (QED) is 0.797. The first-order chi connectivity index (χ1) is 9.10. The molecule has 1 aliphatic carbocycles. The summed E-state index contributed by atoms with van der Waals surface area (Å²) in [5, 5.41) is 4.43. The molecule has 0 atom stereocenters. The summed E-state index contributed by atoms with van der Waals surface area (Å²) >= 11 is 11.4. The van der Waals surface area contributed by atoms with Crippen LogP contribution in [0, 0.1) is 0 Å². The maximum atomic E-state index is 14.6. The van der Waals surface area contributed by atoms with Crippen molar-refractivity contribution in [2.75, 3.05) is 0 Å². The molecule has 100 valence electrons. The molecule has 1 saturated carbocycles. The van der Waals surface area contributed by atoms with Crippen molar-refractivity contribution in [1.82, 2.24) is 10.1 Å². The molecule has 1 aromatic heterocycles. The summed E-state index contributed by atoms with van der Waals surface area (Å²) in [4.78, 5) is 4.13. The predicted octanol–water partition coefficient (Wildman–Crippen LogP) is 4.20. The summed E-state index contributed by atoms with van der Waals surface area (Å²) in [6, 6.07) is 6.84. The number of nitrogens with zero attached hydrogens (tertiary/aromatic N) is 2. The van der Waals surface area contributed by atoms with Gasteiger partial charge in [0.2, 0.25) is 5.89 Å². The Kier molecular flexibility index (Phi) is 3.23. The van der Waals surface area contributed by atoms with Crippen LogP contribution in [0.2, 0.25) is 5.02 Å². The third kappa shape index (κ3) is 2.35. The van der Waals surface area contributed by atoms with Crippen LogP contribution >= 0.6 is 23.2 Å². The van der Waals surface area contributed by atoms with Crippen molar-refractivity contribution in [1.29, 1.82) is 0 Å². The van der Waals surface area contributed by atoms with E-state index in [1.165, 1.54) is 0 Å². The normalized spacial score (nSPS) is 26.2. The average Bonchev–Trinajstić information content (AvgIpc) is 2.84. The zero-order valence-electron chi connectivity index (χ0n) is 9.94. The number of hydrogen-bond acceptors (Lipinski definition) is 3. The summed E-state index contributed by atoms with van der Waals surface area (Å²) in [7, 11) is 0. The molecule has 0 amide bonds. The SMILES string of the molecule is FC1(c2ccc(Cl)cc2)CC(c2noc(CCl)n2)C1. The highest BCUT2D eigenvalue weighted by molar-refractivity contribution is 6.30. The second kappa shape index (κ2) is 4.76. The van der Waals surface area contributed by atoms with Gasteiger partial charge in [0.1, 0.15) is 11.5 Å². The molecule has 0 saturated heterocycles. The Labute approximate surface area is 119 Å². The van der Waals surface area contributed by atoms with Gasteiger partial charge in [-0.2, -0.15) is 4.98 Å². The highest BCUT2D eigenvalue weighted by Gasteiger charge is 2.48. The van der Waals surface area contributed by atoms with Crippen LogP contribution in [0.15, 0.2) is 28.8 Å². The Morgan fingerprint density at radius 3 is 2.58 bits per heavy atom. The lowest BCUT2D eigenvalue weighted by molar-refractivity contribution is 0.0336. The highest BCUT2D eigenvalue weighted by atomic mass is 35.5. The van der Waals surface area contributed by atoms with Gasteiger partial charge < -0.3 is 4.52 Å². The number of alkyl halides is 2. The summed E-state index contributed by atoms with van der Waals surface area (Å²) in [6.45, 7) is 0. The van der Waals surface area contributed by atoms with E-state index in [9.17, 15) is 4.39 Å². The van der Waals surface area contributed by atoms with Crippen molar-refractivity contribution in [3.63, 3.8) is 0 Å². The fourth-order valence-electron chi connectivity index (χ4n) is 2.38. The minimum atomic E-state index is -1.32. The topological polar surface area (TPSA) is 38.9 Å². The fraction of sp³-hybridized carbons (Fsp3) is 0.385. The standard InChI is InChI=1S/C13H11Cl2FN2O/c14-7-11-17-12(18-19-11)8-5-13(16,6-8)9-1-3-10(15)4-2-9/h1-4,8H,5-7H2. The molecule has 0 radical (unpaired) electrons.